The van der Waals surface area contributed by atoms with Crippen LogP contribution in [0.1, 0.15) is 31.1 Å². The van der Waals surface area contributed by atoms with Gasteiger partial charge >= 0.3 is 0 Å². The molecule has 0 fully saturated rings. The normalized spacial score (nSPS) is 10.2. The zero-order chi connectivity index (χ0) is 11.4. The summed E-state index contributed by atoms with van der Waals surface area (Å²) in [6.07, 6.45) is 0.0956. The van der Waals surface area contributed by atoms with Crippen LogP contribution in [0.3, 0.4) is 0 Å². The van der Waals surface area contributed by atoms with Gasteiger partial charge in [-0.25, -0.2) is 0 Å². The van der Waals surface area contributed by atoms with Crippen molar-refractivity contribution in [3.8, 4) is 11.5 Å². The maximum atomic E-state index is 11.3. The van der Waals surface area contributed by atoms with Crippen LogP contribution in [-0.4, -0.2) is 19.0 Å². The van der Waals surface area contributed by atoms with Gasteiger partial charge in [0, 0.05) is 0 Å². The lowest BCUT2D eigenvalue weighted by atomic mass is 10.1. The number of carbonyl (C=O) groups excluding carboxylic acids is 1. The lowest BCUT2D eigenvalue weighted by Crippen LogP contribution is -2.06. The summed E-state index contributed by atoms with van der Waals surface area (Å²) in [4.78, 5) is 11.3. The number of rotatable bonds is 4. The maximum Gasteiger partial charge on any atom is 0.163 e. The van der Waals surface area contributed by atoms with Crippen molar-refractivity contribution in [1.29, 1.82) is 0 Å². The smallest absolute Gasteiger partial charge is 0.163 e. The van der Waals surface area contributed by atoms with Crippen molar-refractivity contribution in [2.45, 2.75) is 26.9 Å². The molecule has 3 heteroatoms. The van der Waals surface area contributed by atoms with Crippen LogP contribution in [-0.2, 0) is 0 Å². The molecule has 0 unspecified atom stereocenters. The van der Waals surface area contributed by atoms with E-state index in [1.54, 1.807) is 25.3 Å². The van der Waals surface area contributed by atoms with Crippen molar-refractivity contribution in [2.24, 2.45) is 0 Å². The molecule has 1 rings (SSSR count). The van der Waals surface area contributed by atoms with Crippen LogP contribution < -0.4 is 9.47 Å². The fourth-order valence-electron chi connectivity index (χ4n) is 1.31. The number of hydrogen-bond donors (Lipinski definition) is 0. The fraction of sp³-hybridized carbons (Fsp3) is 0.417. The molecule has 0 aromatic heterocycles. The number of ketones is 1. The van der Waals surface area contributed by atoms with E-state index in [1.165, 1.54) is 6.92 Å². The Kier molecular flexibility index (Phi) is 3.72. The molecular formula is C12H16O3. The Bertz CT molecular complexity index is 356. The minimum absolute atomic E-state index is 0.0268. The fourth-order valence-corrected chi connectivity index (χ4v) is 1.31. The maximum absolute atomic E-state index is 11.3. The van der Waals surface area contributed by atoms with Crippen LogP contribution in [0.4, 0.5) is 0 Å². The second-order valence-electron chi connectivity index (χ2n) is 3.58. The second kappa shape index (κ2) is 4.82. The Morgan fingerprint density at radius 1 is 1.33 bits per heavy atom. The highest BCUT2D eigenvalue weighted by molar-refractivity contribution is 5.97. The predicted octanol–water partition coefficient (Wildman–Crippen LogP) is 2.69. The average Bonchev–Trinajstić information content (AvgIpc) is 2.16. The third kappa shape index (κ3) is 2.98. The van der Waals surface area contributed by atoms with E-state index in [-0.39, 0.29) is 11.9 Å². The van der Waals surface area contributed by atoms with Crippen molar-refractivity contribution in [3.63, 3.8) is 0 Å². The molecule has 0 bridgehead atoms. The summed E-state index contributed by atoms with van der Waals surface area (Å²) in [5, 5.41) is 0. The van der Waals surface area contributed by atoms with Gasteiger partial charge in [0.15, 0.2) is 5.78 Å². The molecule has 0 saturated carbocycles. The van der Waals surface area contributed by atoms with Gasteiger partial charge in [-0.15, -0.1) is 0 Å². The van der Waals surface area contributed by atoms with E-state index >= 15 is 0 Å². The Labute approximate surface area is 90.0 Å². The average molecular weight is 208 g/mol. The molecule has 0 aliphatic heterocycles. The highest BCUT2D eigenvalue weighted by atomic mass is 16.5. The van der Waals surface area contributed by atoms with Gasteiger partial charge in [0.1, 0.15) is 11.5 Å². The molecular weight excluding hydrogens is 192 g/mol. The number of hydrogen-bond acceptors (Lipinski definition) is 3. The molecule has 1 aromatic carbocycles. The van der Waals surface area contributed by atoms with Crippen molar-refractivity contribution in [1.82, 2.24) is 0 Å². The number of carbonyl (C=O) groups is 1. The predicted molar refractivity (Wildman–Crippen MR) is 58.8 cm³/mol. The third-order valence-electron chi connectivity index (χ3n) is 1.92. The Morgan fingerprint density at radius 3 is 2.47 bits per heavy atom. The molecule has 15 heavy (non-hydrogen) atoms. The van der Waals surface area contributed by atoms with Crippen LogP contribution in [0.25, 0.3) is 0 Å². The monoisotopic (exact) mass is 208 g/mol. The minimum atomic E-state index is -0.0268. The van der Waals surface area contributed by atoms with Crippen LogP contribution in [0.15, 0.2) is 18.2 Å². The molecule has 0 spiro atoms. The molecule has 0 N–H and O–H groups in total. The standard InChI is InChI=1S/C12H16O3/c1-8(2)15-10-5-6-12(14-4)11(7-10)9(3)13/h5-8H,1-4H3. The van der Waals surface area contributed by atoms with Gasteiger partial charge in [-0.3, -0.25) is 4.79 Å². The molecule has 82 valence electrons. The van der Waals surface area contributed by atoms with Gasteiger partial charge in [-0.2, -0.15) is 0 Å². The number of ether oxygens (including phenoxy) is 2. The van der Waals surface area contributed by atoms with Crippen molar-refractivity contribution in [2.75, 3.05) is 7.11 Å². The zero-order valence-corrected chi connectivity index (χ0v) is 9.53. The lowest BCUT2D eigenvalue weighted by Gasteiger charge is -2.12. The molecule has 0 amide bonds. The highest BCUT2D eigenvalue weighted by Crippen LogP contribution is 2.24. The van der Waals surface area contributed by atoms with E-state index in [9.17, 15) is 4.79 Å². The highest BCUT2D eigenvalue weighted by Gasteiger charge is 2.09. The van der Waals surface area contributed by atoms with Crippen LogP contribution in [0, 0.1) is 0 Å². The Morgan fingerprint density at radius 2 is 2.00 bits per heavy atom. The number of methoxy groups -OCH3 is 1. The van der Waals surface area contributed by atoms with Crippen LogP contribution in [0.2, 0.25) is 0 Å². The summed E-state index contributed by atoms with van der Waals surface area (Å²) in [6, 6.07) is 5.25. The topological polar surface area (TPSA) is 35.5 Å². The van der Waals surface area contributed by atoms with Crippen molar-refractivity contribution < 1.29 is 14.3 Å². The summed E-state index contributed by atoms with van der Waals surface area (Å²) >= 11 is 0. The van der Waals surface area contributed by atoms with Gasteiger partial charge in [-0.05, 0) is 39.0 Å². The van der Waals surface area contributed by atoms with E-state index < -0.39 is 0 Å². The molecule has 1 aromatic rings. The molecule has 0 saturated heterocycles. The molecule has 3 nitrogen and oxygen atoms in total. The summed E-state index contributed by atoms with van der Waals surface area (Å²) in [5.41, 5.74) is 0.552. The van der Waals surface area contributed by atoms with Crippen molar-refractivity contribution >= 4 is 5.78 Å². The first-order valence-electron chi connectivity index (χ1n) is 4.90. The van der Waals surface area contributed by atoms with Gasteiger partial charge in [0.25, 0.3) is 0 Å². The molecule has 0 radical (unpaired) electrons. The van der Waals surface area contributed by atoms with Gasteiger partial charge < -0.3 is 9.47 Å². The van der Waals surface area contributed by atoms with Crippen molar-refractivity contribution in [3.05, 3.63) is 23.8 Å². The minimum Gasteiger partial charge on any atom is -0.496 e. The first-order valence-corrected chi connectivity index (χ1v) is 4.90. The summed E-state index contributed by atoms with van der Waals surface area (Å²) < 4.78 is 10.6. The Hall–Kier alpha value is -1.51. The summed E-state index contributed by atoms with van der Waals surface area (Å²) in [5.74, 6) is 1.25. The van der Waals surface area contributed by atoms with Gasteiger partial charge in [0.2, 0.25) is 0 Å². The second-order valence-corrected chi connectivity index (χ2v) is 3.58. The SMILES string of the molecule is COc1ccc(OC(C)C)cc1C(C)=O. The molecule has 0 atom stereocenters. The summed E-state index contributed by atoms with van der Waals surface area (Å²) in [7, 11) is 1.55. The van der Waals surface area contributed by atoms with E-state index in [0.29, 0.717) is 17.1 Å². The Balaban J connectivity index is 3.05. The molecule has 0 heterocycles. The zero-order valence-electron chi connectivity index (χ0n) is 9.53. The first-order chi connectivity index (χ1) is 7.04. The van der Waals surface area contributed by atoms with E-state index in [1.807, 2.05) is 13.8 Å². The molecule has 0 aliphatic carbocycles. The van der Waals surface area contributed by atoms with Crippen LogP contribution >= 0.6 is 0 Å². The molecule has 0 aliphatic rings. The van der Waals surface area contributed by atoms with E-state index in [4.69, 9.17) is 9.47 Å². The van der Waals surface area contributed by atoms with E-state index in [2.05, 4.69) is 0 Å². The third-order valence-corrected chi connectivity index (χ3v) is 1.92. The quantitative estimate of drug-likeness (QED) is 0.713. The van der Waals surface area contributed by atoms with Gasteiger partial charge in [-0.1, -0.05) is 0 Å². The van der Waals surface area contributed by atoms with E-state index in [0.717, 1.165) is 0 Å². The first kappa shape index (κ1) is 11.6. The number of benzene rings is 1. The van der Waals surface area contributed by atoms with Gasteiger partial charge in [0.05, 0.1) is 18.8 Å². The number of Topliss-reactive ketones (excluding diaryl/α,β-unsaturated/α-hetero) is 1. The largest absolute Gasteiger partial charge is 0.496 e. The lowest BCUT2D eigenvalue weighted by molar-refractivity contribution is 0.101. The van der Waals surface area contributed by atoms with Crippen LogP contribution in [0.5, 0.6) is 11.5 Å². The summed E-state index contributed by atoms with van der Waals surface area (Å²) in [6.45, 7) is 5.40.